The van der Waals surface area contributed by atoms with Crippen LogP contribution in [0.3, 0.4) is 0 Å². The van der Waals surface area contributed by atoms with Crippen LogP contribution in [0.15, 0.2) is 18.2 Å². The molecule has 1 aliphatic rings. The minimum Gasteiger partial charge on any atom is -0.338 e. The quantitative estimate of drug-likeness (QED) is 0.881. The zero-order chi connectivity index (χ0) is 13.4. The minimum absolute atomic E-state index is 0.0917. The van der Waals surface area contributed by atoms with Crippen molar-refractivity contribution in [2.24, 2.45) is 5.73 Å². The first kappa shape index (κ1) is 12.4. The molecule has 1 aromatic carbocycles. The second-order valence-corrected chi connectivity index (χ2v) is 5.01. The third-order valence-electron chi connectivity index (χ3n) is 3.17. The topological polar surface area (TPSA) is 70.8 Å². The number of nitrogens with one attached hydrogen (secondary N) is 1. The van der Waals surface area contributed by atoms with Crippen LogP contribution >= 0.6 is 11.6 Å². The Hall–Kier alpha value is -1.66. The van der Waals surface area contributed by atoms with Crippen LogP contribution in [0, 0.1) is 5.82 Å². The predicted octanol–water partition coefficient (Wildman–Crippen LogP) is 1.80. The molecule has 2 aromatic rings. The summed E-state index contributed by atoms with van der Waals surface area (Å²) in [6.07, 6.45) is 0.930. The highest BCUT2D eigenvalue weighted by Gasteiger charge is 2.22. The Bertz CT molecular complexity index is 600. The van der Waals surface area contributed by atoms with E-state index in [1.54, 1.807) is 6.07 Å². The summed E-state index contributed by atoms with van der Waals surface area (Å²) in [5.74, 6) is 0.643. The lowest BCUT2D eigenvalue weighted by Crippen LogP contribution is -2.26. The number of halogens is 2. The largest absolute Gasteiger partial charge is 0.338 e. The maximum absolute atomic E-state index is 13.4. The summed E-state index contributed by atoms with van der Waals surface area (Å²) >= 11 is 5.65. The molecule has 5 nitrogen and oxygen atoms in total. The molecule has 7 heteroatoms. The van der Waals surface area contributed by atoms with Crippen LogP contribution in [0.25, 0.3) is 11.4 Å². The number of aromatic nitrogens is 3. The first-order valence-corrected chi connectivity index (χ1v) is 6.39. The fourth-order valence-corrected chi connectivity index (χ4v) is 2.25. The molecule has 0 saturated carbocycles. The van der Waals surface area contributed by atoms with Crippen molar-refractivity contribution in [3.05, 3.63) is 29.0 Å². The summed E-state index contributed by atoms with van der Waals surface area (Å²) < 4.78 is 13.4. The summed E-state index contributed by atoms with van der Waals surface area (Å²) in [6, 6.07) is 4.70. The molecular weight excluding hydrogens is 269 g/mol. The SMILES string of the molecule is NC1CCN(c2n[nH]c(-c3ccc(Cl)c(F)c3)n2)C1. The fourth-order valence-electron chi connectivity index (χ4n) is 2.14. The molecule has 0 bridgehead atoms. The van der Waals surface area contributed by atoms with Crippen LogP contribution in [0.5, 0.6) is 0 Å². The first-order valence-electron chi connectivity index (χ1n) is 6.02. The zero-order valence-electron chi connectivity index (χ0n) is 10.1. The summed E-state index contributed by atoms with van der Waals surface area (Å²) in [4.78, 5) is 6.37. The Morgan fingerprint density at radius 3 is 3.00 bits per heavy atom. The number of benzene rings is 1. The van der Waals surface area contributed by atoms with Crippen molar-refractivity contribution in [1.82, 2.24) is 15.2 Å². The summed E-state index contributed by atoms with van der Waals surface area (Å²) in [7, 11) is 0. The third-order valence-corrected chi connectivity index (χ3v) is 3.48. The molecule has 0 aliphatic carbocycles. The van der Waals surface area contributed by atoms with Crippen molar-refractivity contribution >= 4 is 17.5 Å². The van der Waals surface area contributed by atoms with E-state index in [0.29, 0.717) is 17.3 Å². The van der Waals surface area contributed by atoms with E-state index >= 15 is 0 Å². The number of hydrogen-bond donors (Lipinski definition) is 2. The van der Waals surface area contributed by atoms with Gasteiger partial charge in [0.15, 0.2) is 5.82 Å². The maximum Gasteiger partial charge on any atom is 0.245 e. The van der Waals surface area contributed by atoms with E-state index in [2.05, 4.69) is 15.2 Å². The van der Waals surface area contributed by atoms with Gasteiger partial charge in [0.25, 0.3) is 0 Å². The second-order valence-electron chi connectivity index (χ2n) is 4.61. The average Bonchev–Trinajstić information content (AvgIpc) is 3.01. The van der Waals surface area contributed by atoms with E-state index in [1.165, 1.54) is 12.1 Å². The van der Waals surface area contributed by atoms with Gasteiger partial charge in [-0.25, -0.2) is 4.39 Å². The van der Waals surface area contributed by atoms with Crippen molar-refractivity contribution in [3.8, 4) is 11.4 Å². The molecule has 3 N–H and O–H groups in total. The summed E-state index contributed by atoms with van der Waals surface area (Å²) in [6.45, 7) is 1.58. The molecule has 2 heterocycles. The monoisotopic (exact) mass is 281 g/mol. The van der Waals surface area contributed by atoms with Crippen LogP contribution in [0.4, 0.5) is 10.3 Å². The number of nitrogens with two attached hydrogens (primary N) is 1. The molecule has 1 unspecified atom stereocenters. The van der Waals surface area contributed by atoms with Crippen LogP contribution < -0.4 is 10.6 Å². The molecular formula is C12H13ClFN5. The Kier molecular flexibility index (Phi) is 3.12. The standard InChI is InChI=1S/C12H13ClFN5/c13-9-2-1-7(5-10(9)14)11-16-12(18-17-11)19-4-3-8(15)6-19/h1-2,5,8H,3-4,6,15H2,(H,16,17,18). The predicted molar refractivity (Wildman–Crippen MR) is 71.6 cm³/mol. The molecule has 0 radical (unpaired) electrons. The lowest BCUT2D eigenvalue weighted by Gasteiger charge is -2.11. The average molecular weight is 282 g/mol. The van der Waals surface area contributed by atoms with Gasteiger partial charge in [0.1, 0.15) is 5.82 Å². The number of rotatable bonds is 2. The van der Waals surface area contributed by atoms with Crippen LogP contribution in [0.1, 0.15) is 6.42 Å². The van der Waals surface area contributed by atoms with Gasteiger partial charge >= 0.3 is 0 Å². The van der Waals surface area contributed by atoms with Crippen molar-refractivity contribution in [2.75, 3.05) is 18.0 Å². The van der Waals surface area contributed by atoms with Crippen molar-refractivity contribution < 1.29 is 4.39 Å². The van der Waals surface area contributed by atoms with Crippen LogP contribution in [0.2, 0.25) is 5.02 Å². The summed E-state index contributed by atoms with van der Waals surface area (Å²) in [5.41, 5.74) is 6.46. The van der Waals surface area contributed by atoms with Gasteiger partial charge in [-0.1, -0.05) is 11.6 Å². The van der Waals surface area contributed by atoms with Crippen LogP contribution in [-0.2, 0) is 0 Å². The highest BCUT2D eigenvalue weighted by Crippen LogP contribution is 2.23. The lowest BCUT2D eigenvalue weighted by atomic mass is 10.2. The Labute approximate surface area is 114 Å². The highest BCUT2D eigenvalue weighted by molar-refractivity contribution is 6.30. The zero-order valence-corrected chi connectivity index (χ0v) is 10.9. The smallest absolute Gasteiger partial charge is 0.245 e. The van der Waals surface area contributed by atoms with Crippen molar-refractivity contribution in [3.63, 3.8) is 0 Å². The van der Waals surface area contributed by atoms with E-state index in [-0.39, 0.29) is 11.1 Å². The van der Waals surface area contributed by atoms with Gasteiger partial charge < -0.3 is 10.6 Å². The maximum atomic E-state index is 13.4. The van der Waals surface area contributed by atoms with Gasteiger partial charge in [0.05, 0.1) is 5.02 Å². The first-order chi connectivity index (χ1) is 9.13. The normalized spacial score (nSPS) is 19.1. The van der Waals surface area contributed by atoms with Crippen LogP contribution in [-0.4, -0.2) is 34.3 Å². The van der Waals surface area contributed by atoms with Gasteiger partial charge in [0.2, 0.25) is 5.95 Å². The minimum atomic E-state index is -0.472. The Morgan fingerprint density at radius 1 is 1.47 bits per heavy atom. The van der Waals surface area contributed by atoms with Crippen molar-refractivity contribution in [2.45, 2.75) is 12.5 Å². The molecule has 1 atom stereocenters. The molecule has 1 aromatic heterocycles. The molecule has 0 spiro atoms. The van der Waals surface area contributed by atoms with Gasteiger partial charge in [-0.05, 0) is 24.6 Å². The molecule has 3 rings (SSSR count). The Balaban J connectivity index is 1.86. The molecule has 1 aliphatic heterocycles. The van der Waals surface area contributed by atoms with E-state index in [9.17, 15) is 4.39 Å². The number of aromatic amines is 1. The third kappa shape index (κ3) is 2.41. The molecule has 100 valence electrons. The number of anilines is 1. The van der Waals surface area contributed by atoms with E-state index in [0.717, 1.165) is 19.5 Å². The van der Waals surface area contributed by atoms with Gasteiger partial charge in [-0.15, -0.1) is 5.10 Å². The summed E-state index contributed by atoms with van der Waals surface area (Å²) in [5, 5.41) is 7.04. The van der Waals surface area contributed by atoms with E-state index in [4.69, 9.17) is 17.3 Å². The Morgan fingerprint density at radius 2 is 2.32 bits per heavy atom. The number of nitrogens with zero attached hydrogens (tertiary/aromatic N) is 3. The highest BCUT2D eigenvalue weighted by atomic mass is 35.5. The fraction of sp³-hybridized carbons (Fsp3) is 0.333. The number of H-pyrrole nitrogens is 1. The van der Waals surface area contributed by atoms with Gasteiger partial charge in [0, 0.05) is 24.7 Å². The number of hydrogen-bond acceptors (Lipinski definition) is 4. The van der Waals surface area contributed by atoms with Gasteiger partial charge in [-0.3, -0.25) is 5.10 Å². The molecule has 0 amide bonds. The molecule has 1 fully saturated rings. The molecule has 19 heavy (non-hydrogen) atoms. The van der Waals surface area contributed by atoms with Crippen molar-refractivity contribution in [1.29, 1.82) is 0 Å². The lowest BCUT2D eigenvalue weighted by molar-refractivity contribution is 0.628. The van der Waals surface area contributed by atoms with E-state index < -0.39 is 5.82 Å². The molecule has 1 saturated heterocycles. The van der Waals surface area contributed by atoms with Gasteiger partial charge in [-0.2, -0.15) is 4.98 Å². The van der Waals surface area contributed by atoms with E-state index in [1.807, 2.05) is 4.90 Å². The second kappa shape index (κ2) is 4.79.